The predicted molar refractivity (Wildman–Crippen MR) is 66.8 cm³/mol. The summed E-state index contributed by atoms with van der Waals surface area (Å²) in [5.74, 6) is 0.816. The Morgan fingerprint density at radius 3 is 2.47 bits per heavy atom. The highest BCUT2D eigenvalue weighted by Gasteiger charge is 2.39. The van der Waals surface area contributed by atoms with E-state index in [1.54, 1.807) is 8.37 Å². The lowest BCUT2D eigenvalue weighted by atomic mass is 10.5. The van der Waals surface area contributed by atoms with Gasteiger partial charge in [0.15, 0.2) is 0 Å². The first kappa shape index (κ1) is 14.2. The van der Waals surface area contributed by atoms with Gasteiger partial charge in [-0.1, -0.05) is 0 Å². The molecule has 0 aromatic rings. The second kappa shape index (κ2) is 6.80. The summed E-state index contributed by atoms with van der Waals surface area (Å²) >= 11 is 14.6. The molecule has 0 N–H and O–H groups in total. The first-order valence-electron chi connectivity index (χ1n) is 4.71. The van der Waals surface area contributed by atoms with Crippen LogP contribution in [0.4, 0.5) is 0 Å². The fourth-order valence-corrected chi connectivity index (χ4v) is 5.15. The molecule has 0 aromatic carbocycles. The van der Waals surface area contributed by atoms with E-state index in [9.17, 15) is 4.57 Å². The van der Waals surface area contributed by atoms with Crippen LogP contribution in [0.5, 0.6) is 0 Å². The normalized spacial score (nSPS) is 28.5. The van der Waals surface area contributed by atoms with E-state index in [4.69, 9.17) is 27.7 Å². The van der Waals surface area contributed by atoms with E-state index in [1.807, 2.05) is 0 Å². The average molecular weight is 340 g/mol. The SMILES string of the molecule is O=[P@@]1(N(CCCl)CCCl)OCCCN1Br. The molecular formula is C7H14BrCl2N2O2P. The number of halogens is 3. The van der Waals surface area contributed by atoms with E-state index in [-0.39, 0.29) is 0 Å². The van der Waals surface area contributed by atoms with Crippen LogP contribution in [0, 0.1) is 0 Å². The molecule has 0 aromatic heterocycles. The second-order valence-electron chi connectivity index (χ2n) is 3.07. The van der Waals surface area contributed by atoms with Crippen molar-refractivity contribution < 1.29 is 9.09 Å². The topological polar surface area (TPSA) is 32.8 Å². The average Bonchev–Trinajstić information content (AvgIpc) is 2.22. The molecule has 0 amide bonds. The molecule has 0 unspecified atom stereocenters. The first-order chi connectivity index (χ1) is 7.15. The van der Waals surface area contributed by atoms with Crippen molar-refractivity contribution in [3.8, 4) is 0 Å². The van der Waals surface area contributed by atoms with Gasteiger partial charge in [-0.25, -0.2) is 4.67 Å². The third kappa shape index (κ3) is 3.56. The molecule has 1 saturated heterocycles. The highest BCUT2D eigenvalue weighted by atomic mass is 79.9. The van der Waals surface area contributed by atoms with E-state index >= 15 is 0 Å². The van der Waals surface area contributed by atoms with E-state index in [2.05, 4.69) is 16.1 Å². The molecule has 0 bridgehead atoms. The fourth-order valence-electron chi connectivity index (χ4n) is 1.35. The van der Waals surface area contributed by atoms with Crippen molar-refractivity contribution in [1.82, 2.24) is 8.37 Å². The van der Waals surface area contributed by atoms with Gasteiger partial charge in [0.05, 0.1) is 6.61 Å². The summed E-state index contributed by atoms with van der Waals surface area (Å²) in [7, 11) is -2.93. The van der Waals surface area contributed by atoms with Gasteiger partial charge in [0.2, 0.25) is 0 Å². The molecule has 1 heterocycles. The quantitative estimate of drug-likeness (QED) is 0.438. The third-order valence-electron chi connectivity index (χ3n) is 2.06. The predicted octanol–water partition coefficient (Wildman–Crippen LogP) is 2.91. The molecule has 1 aliphatic heterocycles. The number of alkyl halides is 2. The highest BCUT2D eigenvalue weighted by molar-refractivity contribution is 9.08. The van der Waals surface area contributed by atoms with Gasteiger partial charge in [0.25, 0.3) is 0 Å². The molecule has 1 rings (SSSR count). The van der Waals surface area contributed by atoms with Gasteiger partial charge in [-0.2, -0.15) is 3.70 Å². The Morgan fingerprint density at radius 1 is 1.40 bits per heavy atom. The van der Waals surface area contributed by atoms with Gasteiger partial charge >= 0.3 is 7.67 Å². The molecule has 90 valence electrons. The molecule has 0 spiro atoms. The minimum atomic E-state index is -2.93. The maximum absolute atomic E-state index is 12.5. The van der Waals surface area contributed by atoms with Crippen molar-refractivity contribution in [2.75, 3.05) is 38.0 Å². The van der Waals surface area contributed by atoms with Gasteiger partial charge in [0.1, 0.15) is 0 Å². The molecular weight excluding hydrogens is 326 g/mol. The largest absolute Gasteiger partial charge is 0.355 e. The molecule has 1 fully saturated rings. The summed E-state index contributed by atoms with van der Waals surface area (Å²) in [6, 6.07) is 0. The summed E-state index contributed by atoms with van der Waals surface area (Å²) in [5.41, 5.74) is 0. The van der Waals surface area contributed by atoms with Crippen LogP contribution in [-0.4, -0.2) is 46.4 Å². The zero-order chi connectivity index (χ0) is 11.3. The molecule has 1 atom stereocenters. The smallest absolute Gasteiger partial charge is 0.305 e. The Balaban J connectivity index is 2.73. The maximum Gasteiger partial charge on any atom is 0.355 e. The van der Waals surface area contributed by atoms with Crippen molar-refractivity contribution in [3.05, 3.63) is 0 Å². The summed E-state index contributed by atoms with van der Waals surface area (Å²) in [4.78, 5) is 0. The van der Waals surface area contributed by atoms with Gasteiger partial charge in [-0.3, -0.25) is 4.57 Å². The van der Waals surface area contributed by atoms with Crippen LogP contribution in [0.1, 0.15) is 6.42 Å². The summed E-state index contributed by atoms with van der Waals surface area (Å²) < 4.78 is 21.2. The molecule has 15 heavy (non-hydrogen) atoms. The lowest BCUT2D eigenvalue weighted by Gasteiger charge is -2.37. The standard InChI is InChI=1S/C7H14BrCl2N2O2P/c8-12-4-1-7-14-15(12,13)11(5-2-9)6-3-10/h1-7H2/t15-/m0/s1. The lowest BCUT2D eigenvalue weighted by molar-refractivity contribution is 0.208. The van der Waals surface area contributed by atoms with Gasteiger partial charge in [-0.15, -0.1) is 23.2 Å². The summed E-state index contributed by atoms with van der Waals surface area (Å²) in [6.07, 6.45) is 0.866. The van der Waals surface area contributed by atoms with Crippen LogP contribution >= 0.6 is 47.0 Å². The van der Waals surface area contributed by atoms with Crippen LogP contribution in [0.2, 0.25) is 0 Å². The molecule has 0 aliphatic carbocycles. The van der Waals surface area contributed by atoms with Gasteiger partial charge < -0.3 is 4.52 Å². The van der Waals surface area contributed by atoms with Crippen LogP contribution in [0.25, 0.3) is 0 Å². The summed E-state index contributed by atoms with van der Waals surface area (Å²) in [5, 5.41) is 0. The van der Waals surface area contributed by atoms with Gasteiger partial charge in [0, 0.05) is 47.5 Å². The van der Waals surface area contributed by atoms with E-state index in [0.717, 1.165) is 6.42 Å². The number of rotatable bonds is 5. The molecule has 0 radical (unpaired) electrons. The van der Waals surface area contributed by atoms with Crippen LogP contribution in [0.3, 0.4) is 0 Å². The van der Waals surface area contributed by atoms with E-state index in [1.165, 1.54) is 0 Å². The number of hydrogen-bond donors (Lipinski definition) is 0. The fraction of sp³-hybridized carbons (Fsp3) is 1.00. The third-order valence-corrected chi connectivity index (χ3v) is 6.34. The maximum atomic E-state index is 12.5. The van der Waals surface area contributed by atoms with Crippen LogP contribution in [0.15, 0.2) is 0 Å². The van der Waals surface area contributed by atoms with Crippen molar-refractivity contribution in [2.45, 2.75) is 6.42 Å². The van der Waals surface area contributed by atoms with E-state index in [0.29, 0.717) is 38.0 Å². The Hall–Kier alpha value is 1.17. The Kier molecular flexibility index (Phi) is 6.45. The van der Waals surface area contributed by atoms with Crippen molar-refractivity contribution in [2.24, 2.45) is 0 Å². The monoisotopic (exact) mass is 338 g/mol. The summed E-state index contributed by atoms with van der Waals surface area (Å²) in [6.45, 7) is 2.24. The molecule has 4 nitrogen and oxygen atoms in total. The number of nitrogens with zero attached hydrogens (tertiary/aromatic N) is 2. The molecule has 0 saturated carbocycles. The minimum absolute atomic E-state index is 0.408. The number of hydrogen-bond acceptors (Lipinski definition) is 2. The molecule has 8 heteroatoms. The zero-order valence-corrected chi connectivity index (χ0v) is 12.2. The zero-order valence-electron chi connectivity index (χ0n) is 8.24. The van der Waals surface area contributed by atoms with Crippen LogP contribution in [-0.2, 0) is 9.09 Å². The molecule has 1 aliphatic rings. The first-order valence-corrected chi connectivity index (χ1v) is 8.01. The van der Waals surface area contributed by atoms with Crippen LogP contribution < -0.4 is 0 Å². The minimum Gasteiger partial charge on any atom is -0.305 e. The Labute approximate surface area is 109 Å². The lowest BCUT2D eigenvalue weighted by Crippen LogP contribution is -2.34. The Bertz CT molecular complexity index is 241. The Morgan fingerprint density at radius 2 is 2.00 bits per heavy atom. The van der Waals surface area contributed by atoms with Crippen molar-refractivity contribution in [1.29, 1.82) is 0 Å². The van der Waals surface area contributed by atoms with Crippen molar-refractivity contribution >= 4 is 47.0 Å². The highest BCUT2D eigenvalue weighted by Crippen LogP contribution is 2.57. The van der Waals surface area contributed by atoms with Gasteiger partial charge in [-0.05, 0) is 6.42 Å². The second-order valence-corrected chi connectivity index (χ2v) is 7.52. The van der Waals surface area contributed by atoms with E-state index < -0.39 is 7.67 Å². The van der Waals surface area contributed by atoms with Crippen molar-refractivity contribution in [3.63, 3.8) is 0 Å².